The van der Waals surface area contributed by atoms with Crippen LogP contribution >= 0.6 is 0 Å². The summed E-state index contributed by atoms with van der Waals surface area (Å²) in [6, 6.07) is 5.76. The van der Waals surface area contributed by atoms with Crippen molar-refractivity contribution in [2.24, 2.45) is 11.3 Å². The fourth-order valence-electron chi connectivity index (χ4n) is 6.33. The number of piperidine rings is 1. The first-order valence-corrected chi connectivity index (χ1v) is 15.6. The Balaban J connectivity index is 1.46. The second-order valence-corrected chi connectivity index (χ2v) is 12.8. The van der Waals surface area contributed by atoms with Crippen LogP contribution in [0.3, 0.4) is 0 Å². The number of carbonyl (C=O) groups excluding carboxylic acids is 2. The lowest BCUT2D eigenvalue weighted by atomic mass is 9.73. The summed E-state index contributed by atoms with van der Waals surface area (Å²) in [6.07, 6.45) is 5.51. The number of methoxy groups -OCH3 is 1. The number of benzene rings is 1. The van der Waals surface area contributed by atoms with Crippen molar-refractivity contribution >= 4 is 11.8 Å². The molecule has 0 saturated carbocycles. The van der Waals surface area contributed by atoms with Crippen molar-refractivity contribution in [2.75, 3.05) is 33.4 Å². The second kappa shape index (κ2) is 14.5. The van der Waals surface area contributed by atoms with Crippen LogP contribution in [0.2, 0.25) is 0 Å². The Kier molecular flexibility index (Phi) is 11.1. The largest absolute Gasteiger partial charge is 0.496 e. The van der Waals surface area contributed by atoms with E-state index in [2.05, 4.69) is 46.7 Å². The smallest absolute Gasteiger partial charge is 0.242 e. The standard InChI is InChI=1S/C33H50N4O5/c1-22(2)17-29-31(38)34-23(3)21-41-16-8-7-11-33(32(39)35-29)12-14-37(15-13-33)20-26-9-10-30(40-6)27(18-26)19-28-24(4)36-42-25(28)5/h9-10,18,22-23,29H,7-8,11-17,19-21H2,1-6H3,(H,34,38)(H,35,39)/t23-,29+/m1/s1. The normalized spacial score (nSPS) is 22.6. The van der Waals surface area contributed by atoms with Crippen LogP contribution in [0.1, 0.15) is 87.4 Å². The lowest BCUT2D eigenvalue weighted by Gasteiger charge is -2.41. The summed E-state index contributed by atoms with van der Waals surface area (Å²) in [7, 11) is 1.70. The van der Waals surface area contributed by atoms with E-state index in [1.165, 1.54) is 5.56 Å². The molecule has 2 N–H and O–H groups in total. The van der Waals surface area contributed by atoms with Gasteiger partial charge >= 0.3 is 0 Å². The number of carbonyl (C=O) groups is 2. The summed E-state index contributed by atoms with van der Waals surface area (Å²) in [6.45, 7) is 13.6. The Hall–Kier alpha value is -2.91. The van der Waals surface area contributed by atoms with Gasteiger partial charge in [-0.2, -0.15) is 0 Å². The number of ether oxygens (including phenoxy) is 2. The van der Waals surface area contributed by atoms with Gasteiger partial charge in [-0.25, -0.2) is 0 Å². The third-order valence-electron chi connectivity index (χ3n) is 8.87. The van der Waals surface area contributed by atoms with Crippen molar-refractivity contribution < 1.29 is 23.6 Å². The highest BCUT2D eigenvalue weighted by Gasteiger charge is 2.42. The third kappa shape index (κ3) is 8.13. The molecule has 2 amide bonds. The van der Waals surface area contributed by atoms with E-state index in [0.29, 0.717) is 26.1 Å². The lowest BCUT2D eigenvalue weighted by Crippen LogP contribution is -2.55. The van der Waals surface area contributed by atoms with Gasteiger partial charge in [0.05, 0.1) is 24.8 Å². The Labute approximate surface area is 251 Å². The van der Waals surface area contributed by atoms with Crippen molar-refractivity contribution in [3.05, 3.63) is 46.3 Å². The van der Waals surface area contributed by atoms with Gasteiger partial charge in [0, 0.05) is 31.2 Å². The van der Waals surface area contributed by atoms with Crippen LogP contribution in [0.25, 0.3) is 0 Å². The van der Waals surface area contributed by atoms with E-state index in [1.54, 1.807) is 7.11 Å². The summed E-state index contributed by atoms with van der Waals surface area (Å²) in [5, 5.41) is 10.4. The number of nitrogens with zero attached hydrogens (tertiary/aromatic N) is 2. The van der Waals surface area contributed by atoms with Gasteiger partial charge in [0.2, 0.25) is 11.8 Å². The van der Waals surface area contributed by atoms with Gasteiger partial charge < -0.3 is 24.6 Å². The topological polar surface area (TPSA) is 106 Å². The average Bonchev–Trinajstić information content (AvgIpc) is 3.27. The molecule has 3 heterocycles. The summed E-state index contributed by atoms with van der Waals surface area (Å²) < 4.78 is 16.9. The Morgan fingerprint density at radius 2 is 1.88 bits per heavy atom. The first-order chi connectivity index (χ1) is 20.1. The van der Waals surface area contributed by atoms with Crippen molar-refractivity contribution in [1.82, 2.24) is 20.7 Å². The highest BCUT2D eigenvalue weighted by atomic mass is 16.5. The van der Waals surface area contributed by atoms with Gasteiger partial charge in [0.25, 0.3) is 0 Å². The fourth-order valence-corrected chi connectivity index (χ4v) is 6.33. The van der Waals surface area contributed by atoms with Gasteiger partial charge in [-0.05, 0) is 89.1 Å². The van der Waals surface area contributed by atoms with Crippen LogP contribution in [-0.2, 0) is 27.3 Å². The van der Waals surface area contributed by atoms with Crippen LogP contribution in [0.15, 0.2) is 22.7 Å². The maximum absolute atomic E-state index is 13.9. The summed E-state index contributed by atoms with van der Waals surface area (Å²) >= 11 is 0. The van der Waals surface area contributed by atoms with Gasteiger partial charge in [0.1, 0.15) is 17.6 Å². The third-order valence-corrected chi connectivity index (χ3v) is 8.87. The zero-order chi connectivity index (χ0) is 30.3. The zero-order valence-electron chi connectivity index (χ0n) is 26.4. The molecule has 0 bridgehead atoms. The van der Waals surface area contributed by atoms with E-state index >= 15 is 0 Å². The van der Waals surface area contributed by atoms with E-state index in [1.807, 2.05) is 26.8 Å². The van der Waals surface area contributed by atoms with Crippen LogP contribution in [0.4, 0.5) is 0 Å². The molecule has 2 aromatic rings. The number of nitrogens with one attached hydrogen (secondary N) is 2. The maximum Gasteiger partial charge on any atom is 0.242 e. The fraction of sp³-hybridized carbons (Fsp3) is 0.667. The predicted molar refractivity (Wildman–Crippen MR) is 162 cm³/mol. The molecule has 2 aliphatic rings. The molecule has 1 aromatic heterocycles. The van der Waals surface area contributed by atoms with E-state index < -0.39 is 11.5 Å². The monoisotopic (exact) mass is 582 g/mol. The van der Waals surface area contributed by atoms with Gasteiger partial charge in [0.15, 0.2) is 0 Å². The maximum atomic E-state index is 13.9. The van der Waals surface area contributed by atoms with Crippen LogP contribution in [0.5, 0.6) is 5.75 Å². The van der Waals surface area contributed by atoms with Crippen LogP contribution in [-0.4, -0.2) is 67.4 Å². The number of rotatable bonds is 7. The van der Waals surface area contributed by atoms with Gasteiger partial charge in [-0.1, -0.05) is 37.6 Å². The van der Waals surface area contributed by atoms with E-state index in [4.69, 9.17) is 14.0 Å². The van der Waals surface area contributed by atoms with Crippen molar-refractivity contribution in [3.8, 4) is 5.75 Å². The molecule has 2 aliphatic heterocycles. The molecule has 1 spiro atoms. The Morgan fingerprint density at radius 1 is 1.12 bits per heavy atom. The van der Waals surface area contributed by atoms with E-state index in [0.717, 1.165) is 80.1 Å². The van der Waals surface area contributed by atoms with Gasteiger partial charge in [-0.15, -0.1) is 0 Å². The predicted octanol–water partition coefficient (Wildman–Crippen LogP) is 4.71. The minimum atomic E-state index is -0.536. The second-order valence-electron chi connectivity index (χ2n) is 12.8. The summed E-state index contributed by atoms with van der Waals surface area (Å²) in [4.78, 5) is 29.5. The Morgan fingerprint density at radius 3 is 2.55 bits per heavy atom. The number of aryl methyl sites for hydroxylation is 2. The van der Waals surface area contributed by atoms with E-state index in [-0.39, 0.29) is 23.8 Å². The number of aromatic nitrogens is 1. The molecular formula is C33H50N4O5. The number of likely N-dealkylation sites (tertiary alicyclic amines) is 1. The molecular weight excluding hydrogens is 532 g/mol. The van der Waals surface area contributed by atoms with Crippen LogP contribution in [0, 0.1) is 25.2 Å². The average molecular weight is 583 g/mol. The molecule has 9 heteroatoms. The minimum absolute atomic E-state index is 0.0296. The first-order valence-electron chi connectivity index (χ1n) is 15.6. The molecule has 9 nitrogen and oxygen atoms in total. The molecule has 4 rings (SSSR count). The molecule has 1 aromatic carbocycles. The van der Waals surface area contributed by atoms with Gasteiger partial charge in [-0.3, -0.25) is 14.5 Å². The molecule has 0 aliphatic carbocycles. The Bertz CT molecular complexity index is 1180. The number of amides is 2. The van der Waals surface area contributed by atoms with Crippen molar-refractivity contribution in [2.45, 2.75) is 98.2 Å². The molecule has 2 atom stereocenters. The van der Waals surface area contributed by atoms with Crippen molar-refractivity contribution in [3.63, 3.8) is 0 Å². The summed E-state index contributed by atoms with van der Waals surface area (Å²) in [5.74, 6) is 1.89. The highest BCUT2D eigenvalue weighted by molar-refractivity contribution is 5.90. The molecule has 0 radical (unpaired) electrons. The van der Waals surface area contributed by atoms with E-state index in [9.17, 15) is 9.59 Å². The molecule has 2 fully saturated rings. The summed E-state index contributed by atoms with van der Waals surface area (Å²) in [5.41, 5.74) is 3.85. The molecule has 42 heavy (non-hydrogen) atoms. The lowest BCUT2D eigenvalue weighted by molar-refractivity contribution is -0.138. The molecule has 2 saturated heterocycles. The SMILES string of the molecule is COc1ccc(CN2CCC3(CCCCOC[C@@H](C)NC(=O)[C@H](CC(C)C)NC3=O)CC2)cc1Cc1c(C)noc1C. The minimum Gasteiger partial charge on any atom is -0.496 e. The highest BCUT2D eigenvalue weighted by Crippen LogP contribution is 2.38. The molecule has 232 valence electrons. The quantitative estimate of drug-likeness (QED) is 0.487. The molecule has 0 unspecified atom stereocenters. The number of hydrogen-bond donors (Lipinski definition) is 2. The van der Waals surface area contributed by atoms with Crippen molar-refractivity contribution in [1.29, 1.82) is 0 Å². The zero-order valence-corrected chi connectivity index (χ0v) is 26.4. The van der Waals surface area contributed by atoms with Crippen LogP contribution < -0.4 is 15.4 Å². The number of hydrogen-bond acceptors (Lipinski definition) is 7. The first kappa shape index (κ1) is 32.0.